The van der Waals surface area contributed by atoms with E-state index in [2.05, 4.69) is 28.0 Å². The molecule has 0 aliphatic heterocycles. The van der Waals surface area contributed by atoms with E-state index in [9.17, 15) is 9.59 Å². The first kappa shape index (κ1) is 14.9. The van der Waals surface area contributed by atoms with Gasteiger partial charge in [0.1, 0.15) is 0 Å². The van der Waals surface area contributed by atoms with Gasteiger partial charge in [-0.2, -0.15) is 12.6 Å². The number of rotatable bonds is 6. The molecule has 2 amide bonds. The lowest BCUT2D eigenvalue weighted by molar-refractivity contribution is -0.114. The molecule has 1 aromatic carbocycles. The van der Waals surface area contributed by atoms with E-state index in [4.69, 9.17) is 0 Å². The molecule has 0 aliphatic rings. The van der Waals surface area contributed by atoms with Crippen molar-refractivity contribution in [3.05, 3.63) is 24.3 Å². The van der Waals surface area contributed by atoms with Gasteiger partial charge in [0.25, 0.3) is 0 Å². The molecule has 0 bridgehead atoms. The van der Waals surface area contributed by atoms with Crippen LogP contribution in [0, 0.1) is 0 Å². The fourth-order valence-electron chi connectivity index (χ4n) is 1.21. The van der Waals surface area contributed by atoms with Gasteiger partial charge < -0.3 is 10.6 Å². The highest BCUT2D eigenvalue weighted by Gasteiger charge is 2.04. The predicted molar refractivity (Wildman–Crippen MR) is 79.1 cm³/mol. The summed E-state index contributed by atoms with van der Waals surface area (Å²) in [5, 5.41) is 5.40. The Labute approximate surface area is 116 Å². The molecule has 0 heterocycles. The second-order valence-electron chi connectivity index (χ2n) is 3.33. The quantitative estimate of drug-likeness (QED) is 0.470. The zero-order valence-electron chi connectivity index (χ0n) is 9.90. The molecule has 0 aliphatic carbocycles. The predicted octanol–water partition coefficient (Wildman–Crippen LogP) is 1.36. The van der Waals surface area contributed by atoms with Gasteiger partial charge in [0, 0.05) is 11.4 Å². The number of carbonyl (C=O) groups is 2. The van der Waals surface area contributed by atoms with Crippen molar-refractivity contribution < 1.29 is 9.59 Å². The molecule has 98 valence electrons. The minimum absolute atomic E-state index is 0.105. The Bertz CT molecular complexity index is 427. The third-order valence-electron chi connectivity index (χ3n) is 1.92. The highest BCUT2D eigenvalue weighted by Crippen LogP contribution is 2.15. The first-order valence-corrected chi connectivity index (χ1v) is 6.86. The van der Waals surface area contributed by atoms with Crippen LogP contribution in [-0.4, -0.2) is 30.4 Å². The summed E-state index contributed by atoms with van der Waals surface area (Å²) in [6.07, 6.45) is 0. The smallest absolute Gasteiger partial charge is 0.235 e. The van der Waals surface area contributed by atoms with E-state index in [1.807, 2.05) is 0 Å². The Balaban J connectivity index is 2.59. The molecular weight excluding hydrogens is 270 g/mol. The summed E-state index contributed by atoms with van der Waals surface area (Å²) in [7, 11) is 1.76. The van der Waals surface area contributed by atoms with Gasteiger partial charge in [0.2, 0.25) is 11.8 Å². The summed E-state index contributed by atoms with van der Waals surface area (Å²) >= 11 is 5.19. The highest BCUT2D eigenvalue weighted by molar-refractivity contribution is 7.98. The number of nitrogens with one attached hydrogen (secondary N) is 3. The standard InChI is InChI=1S/C11H15N3O2S2/c1-12-18-7-11(16)14-9-4-2-3-8(5-9)13-10(15)6-17/h2-5,12,17H,6-7H2,1H3,(H,13,15)(H,14,16). The molecular formula is C11H15N3O2S2. The van der Waals surface area contributed by atoms with E-state index in [1.165, 1.54) is 11.9 Å². The first-order chi connectivity index (χ1) is 8.65. The van der Waals surface area contributed by atoms with Crippen LogP contribution in [0.4, 0.5) is 11.4 Å². The van der Waals surface area contributed by atoms with Gasteiger partial charge >= 0.3 is 0 Å². The number of thiol groups is 1. The Morgan fingerprint density at radius 2 is 1.83 bits per heavy atom. The highest BCUT2D eigenvalue weighted by atomic mass is 32.2. The van der Waals surface area contributed by atoms with Crippen LogP contribution in [0.3, 0.4) is 0 Å². The minimum Gasteiger partial charge on any atom is -0.325 e. The van der Waals surface area contributed by atoms with Crippen molar-refractivity contribution in [2.24, 2.45) is 0 Å². The van der Waals surface area contributed by atoms with E-state index in [0.29, 0.717) is 17.1 Å². The molecule has 0 spiro atoms. The number of hydrogen-bond donors (Lipinski definition) is 4. The van der Waals surface area contributed by atoms with Crippen LogP contribution in [0.5, 0.6) is 0 Å². The molecule has 0 fully saturated rings. The lowest BCUT2D eigenvalue weighted by Gasteiger charge is -2.08. The number of anilines is 2. The van der Waals surface area contributed by atoms with Gasteiger partial charge in [-0.3, -0.25) is 14.3 Å². The maximum Gasteiger partial charge on any atom is 0.235 e. The normalized spacial score (nSPS) is 9.89. The van der Waals surface area contributed by atoms with E-state index < -0.39 is 0 Å². The van der Waals surface area contributed by atoms with E-state index in [-0.39, 0.29) is 17.6 Å². The Hall–Kier alpha value is -1.18. The summed E-state index contributed by atoms with van der Waals surface area (Å²) < 4.78 is 2.82. The molecule has 3 N–H and O–H groups in total. The molecule has 0 aromatic heterocycles. The number of amides is 2. The molecule has 0 saturated heterocycles. The van der Waals surface area contributed by atoms with Crippen LogP contribution in [0.2, 0.25) is 0 Å². The van der Waals surface area contributed by atoms with Crippen molar-refractivity contribution in [3.63, 3.8) is 0 Å². The van der Waals surface area contributed by atoms with Crippen LogP contribution in [-0.2, 0) is 9.59 Å². The number of hydrogen-bond acceptors (Lipinski definition) is 5. The first-order valence-electron chi connectivity index (χ1n) is 5.25. The zero-order valence-corrected chi connectivity index (χ0v) is 11.6. The van der Waals surface area contributed by atoms with Crippen molar-refractivity contribution in [2.45, 2.75) is 0 Å². The number of benzene rings is 1. The van der Waals surface area contributed by atoms with E-state index in [0.717, 1.165) is 0 Å². The molecule has 18 heavy (non-hydrogen) atoms. The van der Waals surface area contributed by atoms with Crippen LogP contribution < -0.4 is 15.4 Å². The molecule has 0 unspecified atom stereocenters. The van der Waals surface area contributed by atoms with Crippen LogP contribution in [0.1, 0.15) is 0 Å². The SMILES string of the molecule is CNSCC(=O)Nc1cccc(NC(=O)CS)c1. The lowest BCUT2D eigenvalue weighted by atomic mass is 10.2. The van der Waals surface area contributed by atoms with E-state index in [1.54, 1.807) is 31.3 Å². The van der Waals surface area contributed by atoms with Crippen molar-refractivity contribution in [1.29, 1.82) is 0 Å². The third kappa shape index (κ3) is 5.44. The third-order valence-corrected chi connectivity index (χ3v) is 2.90. The lowest BCUT2D eigenvalue weighted by Crippen LogP contribution is -2.16. The molecule has 5 nitrogen and oxygen atoms in total. The monoisotopic (exact) mass is 285 g/mol. The van der Waals surface area contributed by atoms with Gasteiger partial charge in [-0.1, -0.05) is 18.0 Å². The largest absolute Gasteiger partial charge is 0.325 e. The molecule has 0 radical (unpaired) electrons. The van der Waals surface area contributed by atoms with Gasteiger partial charge in [0.05, 0.1) is 11.5 Å². The van der Waals surface area contributed by atoms with Crippen molar-refractivity contribution >= 4 is 47.8 Å². The maximum absolute atomic E-state index is 11.5. The maximum atomic E-state index is 11.5. The molecule has 0 atom stereocenters. The second-order valence-corrected chi connectivity index (χ2v) is 4.63. The van der Waals surface area contributed by atoms with Crippen molar-refractivity contribution in [3.8, 4) is 0 Å². The summed E-state index contributed by atoms with van der Waals surface area (Å²) in [5.41, 5.74) is 1.28. The summed E-state index contributed by atoms with van der Waals surface area (Å²) in [6, 6.07) is 6.97. The van der Waals surface area contributed by atoms with E-state index >= 15 is 0 Å². The number of carbonyl (C=O) groups excluding carboxylic acids is 2. The molecule has 1 aromatic rings. The average molecular weight is 285 g/mol. The molecule has 1 rings (SSSR count). The summed E-state index contributed by atoms with van der Waals surface area (Å²) in [6.45, 7) is 0. The van der Waals surface area contributed by atoms with Crippen LogP contribution in [0.15, 0.2) is 24.3 Å². The fourth-order valence-corrected chi connectivity index (χ4v) is 1.64. The van der Waals surface area contributed by atoms with Crippen LogP contribution >= 0.6 is 24.6 Å². The average Bonchev–Trinajstić information content (AvgIpc) is 2.36. The topological polar surface area (TPSA) is 70.2 Å². The van der Waals surface area contributed by atoms with Crippen LogP contribution in [0.25, 0.3) is 0 Å². The van der Waals surface area contributed by atoms with Gasteiger partial charge in [-0.25, -0.2) is 0 Å². The second kappa shape index (κ2) is 8.02. The Morgan fingerprint density at radius 1 is 1.22 bits per heavy atom. The fraction of sp³-hybridized carbons (Fsp3) is 0.273. The van der Waals surface area contributed by atoms with Gasteiger partial charge in [-0.05, 0) is 25.2 Å². The van der Waals surface area contributed by atoms with Gasteiger partial charge in [-0.15, -0.1) is 0 Å². The minimum atomic E-state index is -0.187. The Kier molecular flexibility index (Phi) is 6.63. The van der Waals surface area contributed by atoms with Gasteiger partial charge in [0.15, 0.2) is 0 Å². The molecule has 0 saturated carbocycles. The summed E-state index contributed by atoms with van der Waals surface area (Å²) in [4.78, 5) is 22.7. The molecule has 7 heteroatoms. The Morgan fingerprint density at radius 3 is 2.39 bits per heavy atom. The summed E-state index contributed by atoms with van der Waals surface area (Å²) in [5.74, 6) is 0.152. The van der Waals surface area contributed by atoms with Crippen molar-refractivity contribution in [1.82, 2.24) is 4.72 Å². The zero-order chi connectivity index (χ0) is 13.4. The van der Waals surface area contributed by atoms with Crippen molar-refractivity contribution in [2.75, 3.05) is 29.2 Å².